The molecule has 0 saturated carbocycles. The van der Waals surface area contributed by atoms with Crippen LogP contribution in [-0.4, -0.2) is 18.5 Å². The van der Waals surface area contributed by atoms with Crippen LogP contribution in [0.4, 0.5) is 5.69 Å². The van der Waals surface area contributed by atoms with E-state index in [0.717, 1.165) is 15.7 Å². The highest BCUT2D eigenvalue weighted by Crippen LogP contribution is 2.28. The highest BCUT2D eigenvalue weighted by atomic mass is 79.9. The lowest BCUT2D eigenvalue weighted by Gasteiger charge is -2.19. The zero-order valence-corrected chi connectivity index (χ0v) is 13.9. The SMILES string of the molecule is Cc1cc(C)c(NC(C)C(=O)NCC(C)C)c(Br)c1. The molecule has 0 fully saturated rings. The van der Waals surface area contributed by atoms with E-state index in [9.17, 15) is 4.79 Å². The first-order valence-electron chi connectivity index (χ1n) is 6.62. The van der Waals surface area contributed by atoms with Gasteiger partial charge >= 0.3 is 0 Å². The minimum Gasteiger partial charge on any atom is -0.373 e. The Kier molecular flexibility index (Phi) is 5.85. The molecule has 0 radical (unpaired) electrons. The second-order valence-corrected chi connectivity index (χ2v) is 6.30. The van der Waals surface area contributed by atoms with Gasteiger partial charge in [-0.3, -0.25) is 4.79 Å². The number of carbonyl (C=O) groups excluding carboxylic acids is 1. The fourth-order valence-electron chi connectivity index (χ4n) is 1.84. The van der Waals surface area contributed by atoms with E-state index in [1.165, 1.54) is 5.56 Å². The summed E-state index contributed by atoms with van der Waals surface area (Å²) in [6, 6.07) is 3.90. The number of halogens is 1. The maximum absolute atomic E-state index is 12.0. The molecule has 3 nitrogen and oxygen atoms in total. The first-order valence-corrected chi connectivity index (χ1v) is 7.41. The molecule has 19 heavy (non-hydrogen) atoms. The Hall–Kier alpha value is -1.03. The van der Waals surface area contributed by atoms with Crippen LogP contribution < -0.4 is 10.6 Å². The van der Waals surface area contributed by atoms with Gasteiger partial charge in [-0.2, -0.15) is 0 Å². The van der Waals surface area contributed by atoms with E-state index in [0.29, 0.717) is 12.5 Å². The van der Waals surface area contributed by atoms with E-state index >= 15 is 0 Å². The van der Waals surface area contributed by atoms with Crippen molar-refractivity contribution in [2.75, 3.05) is 11.9 Å². The molecule has 1 atom stereocenters. The number of carbonyl (C=O) groups is 1. The Balaban J connectivity index is 2.71. The fraction of sp³-hybridized carbons (Fsp3) is 0.533. The predicted molar refractivity (Wildman–Crippen MR) is 84.5 cm³/mol. The summed E-state index contributed by atoms with van der Waals surface area (Å²) in [7, 11) is 0. The third kappa shape index (κ3) is 4.86. The van der Waals surface area contributed by atoms with Crippen LogP contribution >= 0.6 is 15.9 Å². The number of amides is 1. The molecule has 2 N–H and O–H groups in total. The Labute approximate surface area is 124 Å². The van der Waals surface area contributed by atoms with Gasteiger partial charge in [-0.05, 0) is 59.8 Å². The monoisotopic (exact) mass is 326 g/mol. The molecule has 4 heteroatoms. The first kappa shape index (κ1) is 16.0. The van der Waals surface area contributed by atoms with Gasteiger partial charge in [-0.15, -0.1) is 0 Å². The summed E-state index contributed by atoms with van der Waals surface area (Å²) in [5, 5.41) is 6.21. The Morgan fingerprint density at radius 3 is 2.42 bits per heavy atom. The minimum absolute atomic E-state index is 0.0283. The molecule has 0 aliphatic rings. The molecule has 1 aromatic carbocycles. The molecule has 0 saturated heterocycles. The van der Waals surface area contributed by atoms with Gasteiger partial charge in [-0.25, -0.2) is 0 Å². The summed E-state index contributed by atoms with van der Waals surface area (Å²) < 4.78 is 0.994. The van der Waals surface area contributed by atoms with E-state index < -0.39 is 0 Å². The van der Waals surface area contributed by atoms with Crippen LogP contribution in [0.25, 0.3) is 0 Å². The lowest BCUT2D eigenvalue weighted by atomic mass is 10.1. The average molecular weight is 327 g/mol. The van der Waals surface area contributed by atoms with Crippen LogP contribution in [0.15, 0.2) is 16.6 Å². The summed E-state index contributed by atoms with van der Waals surface area (Å²) in [5.74, 6) is 0.490. The van der Waals surface area contributed by atoms with Gasteiger partial charge in [0.2, 0.25) is 5.91 Å². The van der Waals surface area contributed by atoms with Gasteiger partial charge < -0.3 is 10.6 Å². The third-order valence-electron chi connectivity index (χ3n) is 2.87. The molecule has 0 spiro atoms. The quantitative estimate of drug-likeness (QED) is 0.867. The smallest absolute Gasteiger partial charge is 0.242 e. The van der Waals surface area contributed by atoms with Gasteiger partial charge in [0.05, 0.1) is 5.69 Å². The molecular formula is C15H23BrN2O. The van der Waals surface area contributed by atoms with Crippen molar-refractivity contribution in [1.29, 1.82) is 0 Å². The Bertz CT molecular complexity index is 434. The highest BCUT2D eigenvalue weighted by Gasteiger charge is 2.15. The Morgan fingerprint density at radius 2 is 1.89 bits per heavy atom. The van der Waals surface area contributed by atoms with Crippen LogP contribution in [0.2, 0.25) is 0 Å². The maximum Gasteiger partial charge on any atom is 0.242 e. The number of rotatable bonds is 5. The predicted octanol–water partition coefficient (Wildman–Crippen LogP) is 3.64. The van der Waals surface area contributed by atoms with Gasteiger partial charge in [0, 0.05) is 11.0 Å². The molecule has 106 valence electrons. The van der Waals surface area contributed by atoms with Crippen LogP contribution in [0.3, 0.4) is 0 Å². The van der Waals surface area contributed by atoms with E-state index in [-0.39, 0.29) is 11.9 Å². The fourth-order valence-corrected chi connectivity index (χ4v) is 2.63. The highest BCUT2D eigenvalue weighted by molar-refractivity contribution is 9.10. The van der Waals surface area contributed by atoms with Crippen LogP contribution in [0, 0.1) is 19.8 Å². The zero-order valence-electron chi connectivity index (χ0n) is 12.3. The van der Waals surface area contributed by atoms with E-state index in [2.05, 4.69) is 53.4 Å². The number of hydrogen-bond acceptors (Lipinski definition) is 2. The summed E-state index contributed by atoms with van der Waals surface area (Å²) in [5.41, 5.74) is 3.32. The summed E-state index contributed by atoms with van der Waals surface area (Å²) >= 11 is 3.54. The molecule has 1 unspecified atom stereocenters. The second kappa shape index (κ2) is 6.94. The van der Waals surface area contributed by atoms with Crippen LogP contribution in [0.5, 0.6) is 0 Å². The third-order valence-corrected chi connectivity index (χ3v) is 3.50. The van der Waals surface area contributed by atoms with Crippen LogP contribution in [0.1, 0.15) is 31.9 Å². The van der Waals surface area contributed by atoms with Crippen molar-refractivity contribution in [3.05, 3.63) is 27.7 Å². The molecule has 1 rings (SSSR count). The lowest BCUT2D eigenvalue weighted by Crippen LogP contribution is -2.39. The van der Waals surface area contributed by atoms with Crippen molar-refractivity contribution >= 4 is 27.5 Å². The number of hydrogen-bond donors (Lipinski definition) is 2. The topological polar surface area (TPSA) is 41.1 Å². The van der Waals surface area contributed by atoms with Gasteiger partial charge in [-0.1, -0.05) is 19.9 Å². The van der Waals surface area contributed by atoms with Crippen molar-refractivity contribution in [1.82, 2.24) is 5.32 Å². The van der Waals surface area contributed by atoms with E-state index in [1.807, 2.05) is 19.9 Å². The second-order valence-electron chi connectivity index (χ2n) is 5.44. The molecule has 0 bridgehead atoms. The number of anilines is 1. The van der Waals surface area contributed by atoms with Crippen molar-refractivity contribution in [3.8, 4) is 0 Å². The number of aryl methyl sites for hydroxylation is 2. The van der Waals surface area contributed by atoms with Crippen LogP contribution in [-0.2, 0) is 4.79 Å². The molecule has 1 amide bonds. The first-order chi connectivity index (χ1) is 8.81. The molecule has 0 aromatic heterocycles. The average Bonchev–Trinajstić information content (AvgIpc) is 2.30. The van der Waals surface area contributed by atoms with Gasteiger partial charge in [0.1, 0.15) is 6.04 Å². The molecule has 0 aliphatic carbocycles. The van der Waals surface area contributed by atoms with Crippen molar-refractivity contribution in [2.45, 2.75) is 40.7 Å². The summed E-state index contributed by atoms with van der Waals surface area (Å²) in [4.78, 5) is 12.0. The Morgan fingerprint density at radius 1 is 1.26 bits per heavy atom. The zero-order chi connectivity index (χ0) is 14.6. The number of benzene rings is 1. The van der Waals surface area contributed by atoms with Crippen molar-refractivity contribution in [3.63, 3.8) is 0 Å². The van der Waals surface area contributed by atoms with Crippen molar-refractivity contribution in [2.24, 2.45) is 5.92 Å². The summed E-state index contributed by atoms with van der Waals surface area (Å²) in [6.45, 7) is 10.8. The van der Waals surface area contributed by atoms with Gasteiger partial charge in [0.25, 0.3) is 0 Å². The van der Waals surface area contributed by atoms with Gasteiger partial charge in [0.15, 0.2) is 0 Å². The molecule has 0 aliphatic heterocycles. The van der Waals surface area contributed by atoms with Crippen molar-refractivity contribution < 1.29 is 4.79 Å². The summed E-state index contributed by atoms with van der Waals surface area (Å²) in [6.07, 6.45) is 0. The van der Waals surface area contributed by atoms with E-state index in [4.69, 9.17) is 0 Å². The number of nitrogens with one attached hydrogen (secondary N) is 2. The minimum atomic E-state index is -0.253. The molecule has 0 heterocycles. The van der Waals surface area contributed by atoms with E-state index in [1.54, 1.807) is 0 Å². The molecular weight excluding hydrogens is 304 g/mol. The standard InChI is InChI=1S/C15H23BrN2O/c1-9(2)8-17-15(19)12(5)18-14-11(4)6-10(3)7-13(14)16/h6-7,9,12,18H,8H2,1-5H3,(H,17,19). The maximum atomic E-state index is 12.0. The molecule has 1 aromatic rings. The normalized spacial score (nSPS) is 12.4. The lowest BCUT2D eigenvalue weighted by molar-refractivity contribution is -0.121. The largest absolute Gasteiger partial charge is 0.373 e.